The highest BCUT2D eigenvalue weighted by Gasteiger charge is 2.52. The zero-order chi connectivity index (χ0) is 15.2. The number of carbonyl (C=O) groups excluding carboxylic acids is 1. The van der Waals surface area contributed by atoms with Gasteiger partial charge < -0.3 is 9.72 Å². The number of aromatic nitrogens is 2. The van der Waals surface area contributed by atoms with Crippen molar-refractivity contribution in [2.45, 2.75) is 18.3 Å². The SMILES string of the molecule is COC(=O)C1(c2ccc(-c3nccc4[nH]ccc34)cc2)CC1. The molecule has 0 amide bonds. The molecule has 1 N–H and O–H groups in total. The lowest BCUT2D eigenvalue weighted by molar-refractivity contribution is -0.143. The number of esters is 1. The second-order valence-electron chi connectivity index (χ2n) is 5.75. The van der Waals surface area contributed by atoms with Crippen LogP contribution >= 0.6 is 0 Å². The number of nitrogens with zero attached hydrogens (tertiary/aromatic N) is 1. The van der Waals surface area contributed by atoms with E-state index in [1.54, 1.807) is 6.20 Å². The monoisotopic (exact) mass is 292 g/mol. The van der Waals surface area contributed by atoms with E-state index in [0.29, 0.717) is 0 Å². The minimum Gasteiger partial charge on any atom is -0.468 e. The van der Waals surface area contributed by atoms with E-state index in [2.05, 4.69) is 9.97 Å². The average molecular weight is 292 g/mol. The van der Waals surface area contributed by atoms with Crippen molar-refractivity contribution in [3.63, 3.8) is 0 Å². The summed E-state index contributed by atoms with van der Waals surface area (Å²) in [5.74, 6) is -0.133. The van der Waals surface area contributed by atoms with E-state index in [1.807, 2.05) is 42.6 Å². The Morgan fingerprint density at radius 3 is 2.64 bits per heavy atom. The zero-order valence-corrected chi connectivity index (χ0v) is 12.3. The van der Waals surface area contributed by atoms with Gasteiger partial charge in [0.1, 0.15) is 0 Å². The van der Waals surface area contributed by atoms with E-state index in [0.717, 1.165) is 40.6 Å². The molecular formula is C18H16N2O2. The lowest BCUT2D eigenvalue weighted by atomic mass is 9.94. The van der Waals surface area contributed by atoms with Crippen LogP contribution in [0.5, 0.6) is 0 Å². The van der Waals surface area contributed by atoms with E-state index in [1.165, 1.54) is 7.11 Å². The number of benzene rings is 1. The predicted octanol–water partition coefficient (Wildman–Crippen LogP) is 3.43. The maximum Gasteiger partial charge on any atom is 0.316 e. The zero-order valence-electron chi connectivity index (χ0n) is 12.3. The lowest BCUT2D eigenvalue weighted by Crippen LogP contribution is -2.21. The van der Waals surface area contributed by atoms with Gasteiger partial charge in [0.2, 0.25) is 0 Å². The van der Waals surface area contributed by atoms with Gasteiger partial charge in [-0.2, -0.15) is 0 Å². The molecule has 2 heterocycles. The van der Waals surface area contributed by atoms with Gasteiger partial charge in [-0.3, -0.25) is 9.78 Å². The van der Waals surface area contributed by atoms with Gasteiger partial charge in [-0.05, 0) is 30.5 Å². The first kappa shape index (κ1) is 13.1. The van der Waals surface area contributed by atoms with Crippen molar-refractivity contribution in [1.82, 2.24) is 9.97 Å². The number of ether oxygens (including phenoxy) is 1. The van der Waals surface area contributed by atoms with Crippen LogP contribution in [0.25, 0.3) is 22.2 Å². The molecular weight excluding hydrogens is 276 g/mol. The van der Waals surface area contributed by atoms with Crippen LogP contribution < -0.4 is 0 Å². The third kappa shape index (κ3) is 1.84. The lowest BCUT2D eigenvalue weighted by Gasteiger charge is -2.13. The number of hydrogen-bond acceptors (Lipinski definition) is 3. The first-order chi connectivity index (χ1) is 10.7. The number of H-pyrrole nitrogens is 1. The Balaban J connectivity index is 1.74. The van der Waals surface area contributed by atoms with Crippen molar-refractivity contribution >= 4 is 16.9 Å². The van der Waals surface area contributed by atoms with Crippen molar-refractivity contribution in [2.24, 2.45) is 0 Å². The summed E-state index contributed by atoms with van der Waals surface area (Å²) in [7, 11) is 1.45. The van der Waals surface area contributed by atoms with Crippen LogP contribution in [0.15, 0.2) is 48.8 Å². The molecule has 0 unspecified atom stereocenters. The predicted molar refractivity (Wildman–Crippen MR) is 84.5 cm³/mol. The van der Waals surface area contributed by atoms with Crippen molar-refractivity contribution in [3.05, 3.63) is 54.4 Å². The quantitative estimate of drug-likeness (QED) is 0.752. The molecule has 1 aliphatic rings. The molecule has 0 aliphatic heterocycles. The summed E-state index contributed by atoms with van der Waals surface area (Å²) in [6.07, 6.45) is 5.45. The van der Waals surface area contributed by atoms with Crippen LogP contribution in [0.1, 0.15) is 18.4 Å². The number of hydrogen-bond donors (Lipinski definition) is 1. The topological polar surface area (TPSA) is 55.0 Å². The molecule has 0 atom stereocenters. The van der Waals surface area contributed by atoms with Crippen molar-refractivity contribution < 1.29 is 9.53 Å². The van der Waals surface area contributed by atoms with Crippen LogP contribution in [0.2, 0.25) is 0 Å². The average Bonchev–Trinajstić information content (AvgIpc) is 3.24. The molecule has 0 spiro atoms. The molecule has 0 radical (unpaired) electrons. The fourth-order valence-corrected chi connectivity index (χ4v) is 3.09. The summed E-state index contributed by atoms with van der Waals surface area (Å²) in [5, 5.41) is 1.10. The number of pyridine rings is 1. The van der Waals surface area contributed by atoms with Crippen LogP contribution in [-0.4, -0.2) is 23.0 Å². The highest BCUT2D eigenvalue weighted by atomic mass is 16.5. The second kappa shape index (κ2) is 4.70. The number of aromatic amines is 1. The molecule has 0 saturated heterocycles. The molecule has 3 aromatic rings. The van der Waals surface area contributed by atoms with Crippen LogP contribution in [-0.2, 0) is 14.9 Å². The normalized spacial score (nSPS) is 15.7. The Labute approximate surface area is 128 Å². The number of fused-ring (bicyclic) bond motifs is 1. The van der Waals surface area contributed by atoms with E-state index >= 15 is 0 Å². The first-order valence-electron chi connectivity index (χ1n) is 7.36. The summed E-state index contributed by atoms with van der Waals surface area (Å²) in [6.45, 7) is 0. The van der Waals surface area contributed by atoms with E-state index < -0.39 is 5.41 Å². The Hall–Kier alpha value is -2.62. The molecule has 0 bridgehead atoms. The van der Waals surface area contributed by atoms with Crippen molar-refractivity contribution in [2.75, 3.05) is 7.11 Å². The first-order valence-corrected chi connectivity index (χ1v) is 7.36. The number of methoxy groups -OCH3 is 1. The third-order valence-corrected chi connectivity index (χ3v) is 4.52. The van der Waals surface area contributed by atoms with Gasteiger partial charge in [0.05, 0.1) is 18.2 Å². The molecule has 1 fully saturated rings. The fourth-order valence-electron chi connectivity index (χ4n) is 3.09. The fraction of sp³-hybridized carbons (Fsp3) is 0.222. The van der Waals surface area contributed by atoms with Gasteiger partial charge in [-0.15, -0.1) is 0 Å². The summed E-state index contributed by atoms with van der Waals surface area (Å²) >= 11 is 0. The van der Waals surface area contributed by atoms with Crippen LogP contribution in [0.3, 0.4) is 0 Å². The molecule has 1 saturated carbocycles. The van der Waals surface area contributed by atoms with Gasteiger partial charge in [-0.25, -0.2) is 0 Å². The minimum absolute atomic E-state index is 0.133. The Bertz CT molecular complexity index is 845. The number of rotatable bonds is 3. The Kier molecular flexibility index (Phi) is 2.79. The van der Waals surface area contributed by atoms with Gasteiger partial charge in [-0.1, -0.05) is 24.3 Å². The summed E-state index contributed by atoms with van der Waals surface area (Å²) in [4.78, 5) is 19.6. The highest BCUT2D eigenvalue weighted by molar-refractivity contribution is 5.93. The summed E-state index contributed by atoms with van der Waals surface area (Å²) in [5.41, 5.74) is 3.69. The maximum absolute atomic E-state index is 12.0. The Morgan fingerprint density at radius 2 is 1.95 bits per heavy atom. The summed E-state index contributed by atoms with van der Waals surface area (Å²) < 4.78 is 4.94. The van der Waals surface area contributed by atoms with E-state index in [-0.39, 0.29) is 5.97 Å². The van der Waals surface area contributed by atoms with Gasteiger partial charge >= 0.3 is 5.97 Å². The second-order valence-corrected chi connectivity index (χ2v) is 5.75. The minimum atomic E-state index is -0.416. The largest absolute Gasteiger partial charge is 0.468 e. The standard InChI is InChI=1S/C18H16N2O2/c1-22-17(21)18(8-9-18)13-4-2-12(3-5-13)16-14-6-10-19-15(14)7-11-20-16/h2-7,10-11,19H,8-9H2,1H3. The van der Waals surface area contributed by atoms with E-state index in [9.17, 15) is 4.79 Å². The van der Waals surface area contributed by atoms with Crippen molar-refractivity contribution in [3.8, 4) is 11.3 Å². The number of nitrogens with one attached hydrogen (secondary N) is 1. The highest BCUT2D eigenvalue weighted by Crippen LogP contribution is 2.49. The van der Waals surface area contributed by atoms with Gasteiger partial charge in [0.25, 0.3) is 0 Å². The van der Waals surface area contributed by atoms with Gasteiger partial charge in [0.15, 0.2) is 0 Å². The molecule has 1 aliphatic carbocycles. The molecule has 1 aromatic carbocycles. The van der Waals surface area contributed by atoms with Gasteiger partial charge in [0, 0.05) is 28.9 Å². The molecule has 110 valence electrons. The van der Waals surface area contributed by atoms with Crippen LogP contribution in [0.4, 0.5) is 0 Å². The molecule has 4 rings (SSSR count). The maximum atomic E-state index is 12.0. The molecule has 2 aromatic heterocycles. The molecule has 4 nitrogen and oxygen atoms in total. The Morgan fingerprint density at radius 1 is 1.18 bits per heavy atom. The number of carbonyl (C=O) groups is 1. The third-order valence-electron chi connectivity index (χ3n) is 4.52. The molecule has 4 heteroatoms. The van der Waals surface area contributed by atoms with Crippen molar-refractivity contribution in [1.29, 1.82) is 0 Å². The van der Waals surface area contributed by atoms with E-state index in [4.69, 9.17) is 4.74 Å². The summed E-state index contributed by atoms with van der Waals surface area (Å²) in [6, 6.07) is 12.1. The molecule has 22 heavy (non-hydrogen) atoms. The van der Waals surface area contributed by atoms with Crippen LogP contribution in [0, 0.1) is 0 Å². The smallest absolute Gasteiger partial charge is 0.316 e.